The van der Waals surface area contributed by atoms with Crippen LogP contribution in [0.4, 0.5) is 0 Å². The minimum Gasteiger partial charge on any atom is -0.350 e. The highest BCUT2D eigenvalue weighted by molar-refractivity contribution is 8.00. The van der Waals surface area contributed by atoms with Gasteiger partial charge in [-0.1, -0.05) is 78.4 Å². The summed E-state index contributed by atoms with van der Waals surface area (Å²) in [7, 11) is 0. The summed E-state index contributed by atoms with van der Waals surface area (Å²) in [6.45, 7) is 8.30. The van der Waals surface area contributed by atoms with Crippen molar-refractivity contribution >= 4 is 23.6 Å². The second-order valence-corrected chi connectivity index (χ2v) is 10.6. The van der Waals surface area contributed by atoms with Gasteiger partial charge in [-0.05, 0) is 51.0 Å². The number of benzene rings is 3. The lowest BCUT2D eigenvalue weighted by Gasteiger charge is -2.34. The molecule has 0 aromatic heterocycles. The second kappa shape index (κ2) is 11.9. The Balaban J connectivity index is 1.89. The smallest absolute Gasteiger partial charge is 0.243 e. The lowest BCUT2D eigenvalue weighted by atomic mass is 10.0. The molecule has 2 amide bonds. The van der Waals surface area contributed by atoms with E-state index in [1.807, 2.05) is 113 Å². The normalized spacial score (nSPS) is 12.1. The predicted molar refractivity (Wildman–Crippen MR) is 141 cm³/mol. The van der Waals surface area contributed by atoms with Crippen LogP contribution < -0.4 is 5.32 Å². The fraction of sp³-hybridized carbons (Fsp3) is 0.310. The first-order valence-corrected chi connectivity index (χ1v) is 12.6. The van der Waals surface area contributed by atoms with Gasteiger partial charge in [0.05, 0.1) is 5.75 Å². The van der Waals surface area contributed by atoms with Gasteiger partial charge in [0.15, 0.2) is 0 Å². The van der Waals surface area contributed by atoms with Crippen molar-refractivity contribution in [2.45, 2.75) is 57.1 Å². The standard InChI is InChI=1S/C29H34N2O2S/c1-22-15-17-25(18-16-22)34-21-27(32)31(20-24-13-9-6-10-14-24)26(28(33)30-29(2,3)4)19-23-11-7-5-8-12-23/h5-18,26H,19-21H2,1-4H3,(H,30,33). The van der Waals surface area contributed by atoms with Crippen LogP contribution in [0.25, 0.3) is 0 Å². The van der Waals surface area contributed by atoms with Crippen molar-refractivity contribution in [3.63, 3.8) is 0 Å². The number of rotatable bonds is 9. The Morgan fingerprint density at radius 3 is 1.97 bits per heavy atom. The van der Waals surface area contributed by atoms with E-state index in [0.717, 1.165) is 16.0 Å². The molecule has 0 aliphatic heterocycles. The van der Waals surface area contributed by atoms with Crippen LogP contribution >= 0.6 is 11.8 Å². The van der Waals surface area contributed by atoms with Gasteiger partial charge in [-0.15, -0.1) is 11.8 Å². The Morgan fingerprint density at radius 2 is 1.41 bits per heavy atom. The summed E-state index contributed by atoms with van der Waals surface area (Å²) in [4.78, 5) is 29.9. The highest BCUT2D eigenvalue weighted by Gasteiger charge is 2.32. The molecule has 3 aromatic rings. The summed E-state index contributed by atoms with van der Waals surface area (Å²) in [5, 5.41) is 3.10. The molecule has 0 aliphatic carbocycles. The van der Waals surface area contributed by atoms with E-state index in [1.54, 1.807) is 4.90 Å². The molecule has 5 heteroatoms. The van der Waals surface area contributed by atoms with Gasteiger partial charge in [0, 0.05) is 23.4 Å². The largest absolute Gasteiger partial charge is 0.350 e. The van der Waals surface area contributed by atoms with Gasteiger partial charge >= 0.3 is 0 Å². The Hall–Kier alpha value is -3.05. The van der Waals surface area contributed by atoms with Crippen molar-refractivity contribution in [1.82, 2.24) is 10.2 Å². The molecule has 4 nitrogen and oxygen atoms in total. The summed E-state index contributed by atoms with van der Waals surface area (Å²) >= 11 is 1.50. The van der Waals surface area contributed by atoms with Crippen molar-refractivity contribution in [3.8, 4) is 0 Å². The van der Waals surface area contributed by atoms with E-state index in [4.69, 9.17) is 0 Å². The predicted octanol–water partition coefficient (Wildman–Crippen LogP) is 5.64. The Kier molecular flexibility index (Phi) is 8.94. The SMILES string of the molecule is Cc1ccc(SCC(=O)N(Cc2ccccc2)C(Cc2ccccc2)C(=O)NC(C)(C)C)cc1. The molecule has 0 heterocycles. The monoisotopic (exact) mass is 474 g/mol. The Bertz CT molecular complexity index is 1060. The number of nitrogens with zero attached hydrogens (tertiary/aromatic N) is 1. The van der Waals surface area contributed by atoms with E-state index in [9.17, 15) is 9.59 Å². The highest BCUT2D eigenvalue weighted by atomic mass is 32.2. The summed E-state index contributed by atoms with van der Waals surface area (Å²) < 4.78 is 0. The van der Waals surface area contributed by atoms with Crippen LogP contribution in [-0.2, 0) is 22.6 Å². The van der Waals surface area contributed by atoms with Crippen LogP contribution in [0.3, 0.4) is 0 Å². The second-order valence-electron chi connectivity index (χ2n) is 9.55. The third-order valence-corrected chi connectivity index (χ3v) is 6.35. The molecular weight excluding hydrogens is 440 g/mol. The zero-order valence-electron chi connectivity index (χ0n) is 20.5. The summed E-state index contributed by atoms with van der Waals surface area (Å²) in [6, 6.07) is 27.3. The average Bonchev–Trinajstić information content (AvgIpc) is 2.81. The van der Waals surface area contributed by atoms with Gasteiger partial charge < -0.3 is 10.2 Å². The fourth-order valence-corrected chi connectivity index (χ4v) is 4.43. The number of carbonyl (C=O) groups is 2. The third-order valence-electron chi connectivity index (χ3n) is 5.35. The zero-order valence-corrected chi connectivity index (χ0v) is 21.3. The van der Waals surface area contributed by atoms with Crippen molar-refractivity contribution in [3.05, 3.63) is 102 Å². The molecule has 1 atom stereocenters. The topological polar surface area (TPSA) is 49.4 Å². The van der Waals surface area contributed by atoms with Crippen LogP contribution in [-0.4, -0.2) is 34.0 Å². The minimum absolute atomic E-state index is 0.0561. The zero-order chi connectivity index (χ0) is 24.6. The van der Waals surface area contributed by atoms with Crippen molar-refractivity contribution in [2.75, 3.05) is 5.75 Å². The molecule has 1 unspecified atom stereocenters. The van der Waals surface area contributed by atoms with E-state index in [-0.39, 0.29) is 17.6 Å². The van der Waals surface area contributed by atoms with Gasteiger partial charge in [0.1, 0.15) is 6.04 Å². The van der Waals surface area contributed by atoms with E-state index < -0.39 is 11.6 Å². The van der Waals surface area contributed by atoms with Crippen LogP contribution in [0.2, 0.25) is 0 Å². The van der Waals surface area contributed by atoms with Gasteiger partial charge in [-0.2, -0.15) is 0 Å². The van der Waals surface area contributed by atoms with Crippen molar-refractivity contribution in [1.29, 1.82) is 0 Å². The van der Waals surface area contributed by atoms with Crippen LogP contribution in [0.15, 0.2) is 89.8 Å². The van der Waals surface area contributed by atoms with E-state index in [2.05, 4.69) is 5.32 Å². The number of nitrogens with one attached hydrogen (secondary N) is 1. The quantitative estimate of drug-likeness (QED) is 0.408. The first-order chi connectivity index (χ1) is 16.2. The molecule has 0 saturated carbocycles. The molecule has 0 radical (unpaired) electrons. The van der Waals surface area contributed by atoms with Gasteiger partial charge in [0.2, 0.25) is 11.8 Å². The molecular formula is C29H34N2O2S. The Morgan fingerprint density at radius 1 is 0.853 bits per heavy atom. The van der Waals surface area contributed by atoms with E-state index >= 15 is 0 Å². The molecule has 0 saturated heterocycles. The number of hydrogen-bond donors (Lipinski definition) is 1. The molecule has 0 bridgehead atoms. The molecule has 0 aliphatic rings. The van der Waals surface area contributed by atoms with E-state index in [0.29, 0.717) is 13.0 Å². The first-order valence-electron chi connectivity index (χ1n) is 11.6. The van der Waals surface area contributed by atoms with Crippen molar-refractivity contribution < 1.29 is 9.59 Å². The fourth-order valence-electron chi connectivity index (χ4n) is 3.65. The van der Waals surface area contributed by atoms with Crippen LogP contribution in [0.1, 0.15) is 37.5 Å². The van der Waals surface area contributed by atoms with Gasteiger partial charge in [-0.25, -0.2) is 0 Å². The number of hydrogen-bond acceptors (Lipinski definition) is 3. The molecule has 0 fully saturated rings. The van der Waals surface area contributed by atoms with Crippen LogP contribution in [0, 0.1) is 6.92 Å². The van der Waals surface area contributed by atoms with E-state index in [1.165, 1.54) is 17.3 Å². The molecule has 1 N–H and O–H groups in total. The summed E-state index contributed by atoms with van der Waals surface area (Å²) in [5.41, 5.74) is 2.80. The third kappa shape index (κ3) is 8.07. The summed E-state index contributed by atoms with van der Waals surface area (Å²) in [6.07, 6.45) is 0.455. The molecule has 3 rings (SSSR count). The lowest BCUT2D eigenvalue weighted by molar-refractivity contribution is -0.140. The van der Waals surface area contributed by atoms with Gasteiger partial charge in [0.25, 0.3) is 0 Å². The number of thioether (sulfide) groups is 1. The number of amides is 2. The Labute approximate surface area is 207 Å². The lowest BCUT2D eigenvalue weighted by Crippen LogP contribution is -2.54. The number of aryl methyl sites for hydroxylation is 1. The molecule has 3 aromatic carbocycles. The average molecular weight is 475 g/mol. The highest BCUT2D eigenvalue weighted by Crippen LogP contribution is 2.22. The molecule has 34 heavy (non-hydrogen) atoms. The maximum absolute atomic E-state index is 13.6. The molecule has 178 valence electrons. The maximum Gasteiger partial charge on any atom is 0.243 e. The maximum atomic E-state index is 13.6. The first kappa shape index (κ1) is 25.6. The van der Waals surface area contributed by atoms with Crippen LogP contribution in [0.5, 0.6) is 0 Å². The molecule has 0 spiro atoms. The summed E-state index contributed by atoms with van der Waals surface area (Å²) in [5.74, 6) is 0.0738. The van der Waals surface area contributed by atoms with Crippen molar-refractivity contribution in [2.24, 2.45) is 0 Å². The number of carbonyl (C=O) groups excluding carboxylic acids is 2. The van der Waals surface area contributed by atoms with Gasteiger partial charge in [-0.3, -0.25) is 9.59 Å². The minimum atomic E-state index is -0.618.